The highest BCUT2D eigenvalue weighted by Crippen LogP contribution is 2.27. The summed E-state index contributed by atoms with van der Waals surface area (Å²) < 4.78 is 16.2. The summed E-state index contributed by atoms with van der Waals surface area (Å²) in [5, 5.41) is 12.6. The average molecular weight is 431 g/mol. The van der Waals surface area contributed by atoms with Crippen molar-refractivity contribution < 1.29 is 23.8 Å². The second kappa shape index (κ2) is 10.1. The molecule has 0 saturated carbocycles. The molecule has 1 unspecified atom stereocenters. The molecule has 1 amide bonds. The Kier molecular flexibility index (Phi) is 7.06. The standard InChI is InChI=1S/C22H30N4O5/c1-29-20-11-16(4-5-19(20)27)13-25-6-8-26(9-7-25)14-21-24-18(15-31-21)22(28)23-12-17-3-2-10-30-17/h4-5,11,15,17,27H,2-3,6-10,12-14H2,1H3,(H,23,28). The van der Waals surface area contributed by atoms with Gasteiger partial charge in [-0.25, -0.2) is 4.98 Å². The Hall–Kier alpha value is -2.62. The Morgan fingerprint density at radius 3 is 2.74 bits per heavy atom. The maximum atomic E-state index is 12.3. The highest BCUT2D eigenvalue weighted by molar-refractivity contribution is 5.91. The summed E-state index contributed by atoms with van der Waals surface area (Å²) in [6.07, 6.45) is 3.56. The van der Waals surface area contributed by atoms with Gasteiger partial charge >= 0.3 is 0 Å². The van der Waals surface area contributed by atoms with Crippen LogP contribution < -0.4 is 10.1 Å². The van der Waals surface area contributed by atoms with E-state index in [0.717, 1.165) is 57.7 Å². The van der Waals surface area contributed by atoms with Crippen molar-refractivity contribution in [3.63, 3.8) is 0 Å². The van der Waals surface area contributed by atoms with Gasteiger partial charge in [0.25, 0.3) is 5.91 Å². The number of aromatic nitrogens is 1. The van der Waals surface area contributed by atoms with Crippen LogP contribution in [0.4, 0.5) is 0 Å². The molecule has 4 rings (SSSR count). The first-order valence-corrected chi connectivity index (χ1v) is 10.8. The van der Waals surface area contributed by atoms with Crippen molar-refractivity contribution in [2.24, 2.45) is 0 Å². The average Bonchev–Trinajstić information content (AvgIpc) is 3.47. The minimum atomic E-state index is -0.223. The monoisotopic (exact) mass is 430 g/mol. The van der Waals surface area contributed by atoms with E-state index in [4.69, 9.17) is 13.9 Å². The normalized spacial score (nSPS) is 20.1. The molecule has 3 heterocycles. The molecule has 168 valence electrons. The Bertz CT molecular complexity index is 873. The maximum absolute atomic E-state index is 12.3. The van der Waals surface area contributed by atoms with Gasteiger partial charge in [0.2, 0.25) is 5.89 Å². The van der Waals surface area contributed by atoms with E-state index < -0.39 is 0 Å². The van der Waals surface area contributed by atoms with Crippen LogP contribution in [0.2, 0.25) is 0 Å². The molecule has 9 nitrogen and oxygen atoms in total. The zero-order chi connectivity index (χ0) is 21.6. The van der Waals surface area contributed by atoms with Crippen molar-refractivity contribution in [1.82, 2.24) is 20.1 Å². The van der Waals surface area contributed by atoms with Gasteiger partial charge in [-0.15, -0.1) is 0 Å². The second-order valence-corrected chi connectivity index (χ2v) is 8.03. The molecule has 0 radical (unpaired) electrons. The summed E-state index contributed by atoms with van der Waals surface area (Å²) in [6.45, 7) is 6.27. The Labute approximate surface area is 181 Å². The number of hydrogen-bond donors (Lipinski definition) is 2. The number of amides is 1. The highest BCUT2D eigenvalue weighted by Gasteiger charge is 2.21. The summed E-state index contributed by atoms with van der Waals surface area (Å²) in [6, 6.07) is 5.46. The first kappa shape index (κ1) is 21.6. The molecule has 31 heavy (non-hydrogen) atoms. The molecule has 2 aromatic rings. The fraction of sp³-hybridized carbons (Fsp3) is 0.545. The number of piperazine rings is 1. The van der Waals surface area contributed by atoms with Gasteiger partial charge in [-0.05, 0) is 30.5 Å². The van der Waals surface area contributed by atoms with E-state index in [1.54, 1.807) is 13.2 Å². The maximum Gasteiger partial charge on any atom is 0.273 e. The smallest absolute Gasteiger partial charge is 0.273 e. The predicted molar refractivity (Wildman–Crippen MR) is 113 cm³/mol. The number of nitrogens with zero attached hydrogens (tertiary/aromatic N) is 3. The molecular weight excluding hydrogens is 400 g/mol. The molecule has 0 aliphatic carbocycles. The molecule has 2 N–H and O–H groups in total. The van der Waals surface area contributed by atoms with Crippen molar-refractivity contribution >= 4 is 5.91 Å². The molecule has 2 saturated heterocycles. The molecule has 2 aliphatic rings. The van der Waals surface area contributed by atoms with E-state index in [0.29, 0.717) is 30.4 Å². The largest absolute Gasteiger partial charge is 0.504 e. The van der Waals surface area contributed by atoms with Gasteiger partial charge in [0, 0.05) is 45.9 Å². The lowest BCUT2D eigenvalue weighted by molar-refractivity contribution is 0.0853. The molecule has 2 aliphatic heterocycles. The van der Waals surface area contributed by atoms with E-state index in [9.17, 15) is 9.90 Å². The van der Waals surface area contributed by atoms with Crippen LogP contribution in [-0.4, -0.2) is 78.3 Å². The van der Waals surface area contributed by atoms with E-state index >= 15 is 0 Å². The Morgan fingerprint density at radius 1 is 1.26 bits per heavy atom. The number of phenolic OH excluding ortho intramolecular Hbond substituents is 1. The summed E-state index contributed by atoms with van der Waals surface area (Å²) in [7, 11) is 1.55. The summed E-state index contributed by atoms with van der Waals surface area (Å²) in [5.74, 6) is 0.983. The molecule has 1 aromatic carbocycles. The molecule has 9 heteroatoms. The van der Waals surface area contributed by atoms with Crippen LogP contribution in [0.15, 0.2) is 28.9 Å². The number of carbonyl (C=O) groups is 1. The van der Waals surface area contributed by atoms with Gasteiger partial charge in [0.1, 0.15) is 6.26 Å². The molecule has 1 aromatic heterocycles. The van der Waals surface area contributed by atoms with Crippen LogP contribution >= 0.6 is 0 Å². The van der Waals surface area contributed by atoms with Gasteiger partial charge in [0.05, 0.1) is 19.8 Å². The van der Waals surface area contributed by atoms with Crippen molar-refractivity contribution in [3.05, 3.63) is 41.6 Å². The highest BCUT2D eigenvalue weighted by atomic mass is 16.5. The number of methoxy groups -OCH3 is 1. The number of rotatable bonds is 8. The third-order valence-electron chi connectivity index (χ3n) is 5.77. The number of aromatic hydroxyl groups is 1. The zero-order valence-electron chi connectivity index (χ0n) is 17.9. The van der Waals surface area contributed by atoms with Crippen molar-refractivity contribution in [2.75, 3.05) is 46.4 Å². The Balaban J connectivity index is 1.21. The minimum absolute atomic E-state index is 0.106. The SMILES string of the molecule is COc1cc(CN2CCN(Cc3nc(C(=O)NCC4CCCO4)co3)CC2)ccc1O. The van der Waals surface area contributed by atoms with E-state index in [2.05, 4.69) is 20.1 Å². The van der Waals surface area contributed by atoms with Crippen LogP contribution in [0.25, 0.3) is 0 Å². The van der Waals surface area contributed by atoms with E-state index in [1.807, 2.05) is 12.1 Å². The fourth-order valence-corrected chi connectivity index (χ4v) is 3.97. The van der Waals surface area contributed by atoms with Crippen molar-refractivity contribution in [2.45, 2.75) is 32.0 Å². The number of carbonyl (C=O) groups excluding carboxylic acids is 1. The molecule has 0 bridgehead atoms. The number of oxazole rings is 1. The van der Waals surface area contributed by atoms with Gasteiger partial charge in [-0.1, -0.05) is 6.07 Å². The predicted octanol–water partition coefficient (Wildman–Crippen LogP) is 1.62. The van der Waals surface area contributed by atoms with E-state index in [1.165, 1.54) is 6.26 Å². The van der Waals surface area contributed by atoms with Crippen molar-refractivity contribution in [3.8, 4) is 11.5 Å². The number of hydrogen-bond acceptors (Lipinski definition) is 8. The number of phenols is 1. The van der Waals surface area contributed by atoms with Crippen LogP contribution in [0.3, 0.4) is 0 Å². The second-order valence-electron chi connectivity index (χ2n) is 8.03. The van der Waals surface area contributed by atoms with Gasteiger partial charge in [-0.2, -0.15) is 0 Å². The number of ether oxygens (including phenoxy) is 2. The summed E-state index contributed by atoms with van der Waals surface area (Å²) >= 11 is 0. The third-order valence-corrected chi connectivity index (χ3v) is 5.77. The van der Waals surface area contributed by atoms with E-state index in [-0.39, 0.29) is 17.8 Å². The lowest BCUT2D eigenvalue weighted by Gasteiger charge is -2.34. The first-order valence-electron chi connectivity index (χ1n) is 10.8. The van der Waals surface area contributed by atoms with Gasteiger partial charge in [0.15, 0.2) is 17.2 Å². The summed E-state index contributed by atoms with van der Waals surface area (Å²) in [4.78, 5) is 21.2. The van der Waals surface area contributed by atoms with Crippen LogP contribution in [0, 0.1) is 0 Å². The number of benzene rings is 1. The van der Waals surface area contributed by atoms with Crippen molar-refractivity contribution in [1.29, 1.82) is 0 Å². The summed E-state index contributed by atoms with van der Waals surface area (Å²) in [5.41, 5.74) is 1.42. The van der Waals surface area contributed by atoms with Gasteiger partial charge in [-0.3, -0.25) is 14.6 Å². The number of nitrogens with one attached hydrogen (secondary N) is 1. The molecule has 2 fully saturated rings. The quantitative estimate of drug-likeness (QED) is 0.652. The first-order chi connectivity index (χ1) is 15.1. The lowest BCUT2D eigenvalue weighted by Crippen LogP contribution is -2.45. The van der Waals surface area contributed by atoms with Crippen LogP contribution in [0.1, 0.15) is 34.8 Å². The topological polar surface area (TPSA) is 100 Å². The van der Waals surface area contributed by atoms with Crippen LogP contribution in [-0.2, 0) is 17.8 Å². The third kappa shape index (κ3) is 5.75. The van der Waals surface area contributed by atoms with Crippen LogP contribution in [0.5, 0.6) is 11.5 Å². The lowest BCUT2D eigenvalue weighted by atomic mass is 10.1. The zero-order valence-corrected chi connectivity index (χ0v) is 17.9. The minimum Gasteiger partial charge on any atom is -0.504 e. The Morgan fingerprint density at radius 2 is 2.03 bits per heavy atom. The van der Waals surface area contributed by atoms with Gasteiger partial charge < -0.3 is 24.3 Å². The molecular formula is C22H30N4O5. The molecule has 1 atom stereocenters. The molecule has 0 spiro atoms. The fourth-order valence-electron chi connectivity index (χ4n) is 3.97.